The van der Waals surface area contributed by atoms with E-state index in [1.807, 2.05) is 7.05 Å². The van der Waals surface area contributed by atoms with E-state index in [9.17, 15) is 0 Å². The molecule has 0 saturated carbocycles. The fraction of sp³-hybridized carbons (Fsp3) is 0.500. The van der Waals surface area contributed by atoms with Crippen molar-refractivity contribution in [1.29, 1.82) is 0 Å². The molecule has 172 valence electrons. The van der Waals surface area contributed by atoms with Crippen LogP contribution in [0.1, 0.15) is 30.4 Å². The van der Waals surface area contributed by atoms with Crippen molar-refractivity contribution in [3.63, 3.8) is 0 Å². The van der Waals surface area contributed by atoms with Crippen LogP contribution in [0, 0.1) is 6.92 Å². The zero-order chi connectivity index (χ0) is 22.4. The number of ether oxygens (including phenoxy) is 2. The summed E-state index contributed by atoms with van der Waals surface area (Å²) in [4.78, 5) is 6.97. The van der Waals surface area contributed by atoms with Crippen molar-refractivity contribution in [1.82, 2.24) is 10.6 Å². The summed E-state index contributed by atoms with van der Waals surface area (Å²) in [7, 11) is 3.61. The number of hydrogen-bond donors (Lipinski definition) is 2. The number of aliphatic imine (C=N–C) groups is 1. The Hall–Kier alpha value is -2.73. The summed E-state index contributed by atoms with van der Waals surface area (Å²) >= 11 is 0. The van der Waals surface area contributed by atoms with Gasteiger partial charge in [-0.3, -0.25) is 4.99 Å². The third kappa shape index (κ3) is 5.01. The third-order valence-corrected chi connectivity index (χ3v) is 6.84. The molecule has 0 aromatic heterocycles. The molecule has 1 unspecified atom stereocenters. The summed E-state index contributed by atoms with van der Waals surface area (Å²) < 4.78 is 11.5. The van der Waals surface area contributed by atoms with Crippen LogP contribution in [0.4, 0.5) is 5.69 Å². The summed E-state index contributed by atoms with van der Waals surface area (Å²) in [5.41, 5.74) is 3.76. The monoisotopic (exact) mass is 436 g/mol. The average molecular weight is 437 g/mol. The molecule has 32 heavy (non-hydrogen) atoms. The number of nitrogens with one attached hydrogen (secondary N) is 2. The van der Waals surface area contributed by atoms with Crippen molar-refractivity contribution in [3.8, 4) is 5.75 Å². The van der Waals surface area contributed by atoms with Gasteiger partial charge < -0.3 is 25.0 Å². The highest BCUT2D eigenvalue weighted by Crippen LogP contribution is 2.40. The Bertz CT molecular complexity index is 909. The quantitative estimate of drug-likeness (QED) is 0.536. The standard InChI is InChI=1S/C26H36N4O2/c1-20-9-10-24(31-3)23(17-20)26(12-15-32-16-13-26)19-28-25(27-2)29-21-11-14-30(18-21)22-7-5-4-6-8-22/h4-10,17,21H,11-16,18-19H2,1-3H3,(H2,27,28,29). The van der Waals surface area contributed by atoms with E-state index in [1.54, 1.807) is 7.11 Å². The molecular formula is C26H36N4O2. The van der Waals surface area contributed by atoms with Crippen LogP contribution in [0.2, 0.25) is 0 Å². The van der Waals surface area contributed by atoms with E-state index >= 15 is 0 Å². The molecular weight excluding hydrogens is 400 g/mol. The highest BCUT2D eigenvalue weighted by atomic mass is 16.5. The SMILES string of the molecule is CN=C(NCC1(c2cc(C)ccc2OC)CCOCC1)NC1CCN(c2ccccc2)C1. The molecule has 2 aliphatic heterocycles. The minimum absolute atomic E-state index is 0.0427. The van der Waals surface area contributed by atoms with E-state index in [-0.39, 0.29) is 5.41 Å². The molecule has 2 fully saturated rings. The Morgan fingerprint density at radius 3 is 2.69 bits per heavy atom. The number of nitrogens with zero attached hydrogens (tertiary/aromatic N) is 2. The van der Waals surface area contributed by atoms with E-state index in [0.717, 1.165) is 63.8 Å². The fourth-order valence-corrected chi connectivity index (χ4v) is 4.93. The first-order chi connectivity index (χ1) is 15.6. The maximum absolute atomic E-state index is 5.75. The van der Waals surface area contributed by atoms with Crippen molar-refractivity contribution in [2.75, 3.05) is 51.9 Å². The van der Waals surface area contributed by atoms with Crippen LogP contribution in [0.3, 0.4) is 0 Å². The summed E-state index contributed by atoms with van der Waals surface area (Å²) in [6.45, 7) is 6.50. The van der Waals surface area contributed by atoms with Crippen molar-refractivity contribution in [2.45, 2.75) is 37.6 Å². The van der Waals surface area contributed by atoms with Gasteiger partial charge in [0, 0.05) is 62.6 Å². The summed E-state index contributed by atoms with van der Waals surface area (Å²) in [6, 6.07) is 17.5. The molecule has 2 heterocycles. The summed E-state index contributed by atoms with van der Waals surface area (Å²) in [6.07, 6.45) is 3.02. The number of aryl methyl sites for hydroxylation is 1. The molecule has 4 rings (SSSR count). The second kappa shape index (κ2) is 10.3. The zero-order valence-corrected chi connectivity index (χ0v) is 19.6. The Morgan fingerprint density at radius 1 is 1.19 bits per heavy atom. The minimum Gasteiger partial charge on any atom is -0.496 e. The van der Waals surface area contributed by atoms with E-state index in [2.05, 4.69) is 76.0 Å². The molecule has 2 N–H and O–H groups in total. The molecule has 2 aromatic rings. The number of guanidine groups is 1. The Balaban J connectivity index is 1.43. The van der Waals surface area contributed by atoms with Crippen LogP contribution < -0.4 is 20.3 Å². The van der Waals surface area contributed by atoms with E-state index in [0.29, 0.717) is 6.04 Å². The second-order valence-electron chi connectivity index (χ2n) is 8.93. The van der Waals surface area contributed by atoms with Crippen molar-refractivity contribution in [3.05, 3.63) is 59.7 Å². The molecule has 0 spiro atoms. The fourth-order valence-electron chi connectivity index (χ4n) is 4.93. The first-order valence-electron chi connectivity index (χ1n) is 11.6. The first-order valence-corrected chi connectivity index (χ1v) is 11.6. The molecule has 6 heteroatoms. The minimum atomic E-state index is -0.0427. The maximum Gasteiger partial charge on any atom is 0.191 e. The lowest BCUT2D eigenvalue weighted by Crippen LogP contribution is -2.50. The van der Waals surface area contributed by atoms with Gasteiger partial charge in [-0.25, -0.2) is 0 Å². The number of methoxy groups -OCH3 is 1. The second-order valence-corrected chi connectivity index (χ2v) is 8.93. The van der Waals surface area contributed by atoms with Gasteiger partial charge in [-0.2, -0.15) is 0 Å². The van der Waals surface area contributed by atoms with E-state index in [4.69, 9.17) is 9.47 Å². The van der Waals surface area contributed by atoms with E-state index < -0.39 is 0 Å². The molecule has 1 atom stereocenters. The Labute approximate surface area is 192 Å². The van der Waals surface area contributed by atoms with Gasteiger partial charge in [0.1, 0.15) is 5.75 Å². The van der Waals surface area contributed by atoms with Gasteiger partial charge >= 0.3 is 0 Å². The van der Waals surface area contributed by atoms with Crippen LogP contribution in [0.15, 0.2) is 53.5 Å². The van der Waals surface area contributed by atoms with E-state index in [1.165, 1.54) is 16.8 Å². The van der Waals surface area contributed by atoms with Crippen LogP contribution >= 0.6 is 0 Å². The number of anilines is 1. The average Bonchev–Trinajstić information content (AvgIpc) is 3.31. The zero-order valence-electron chi connectivity index (χ0n) is 19.6. The third-order valence-electron chi connectivity index (χ3n) is 6.84. The number of hydrogen-bond acceptors (Lipinski definition) is 4. The molecule has 2 aliphatic rings. The maximum atomic E-state index is 5.75. The lowest BCUT2D eigenvalue weighted by Gasteiger charge is -2.39. The summed E-state index contributed by atoms with van der Waals surface area (Å²) in [5.74, 6) is 1.82. The predicted molar refractivity (Wildman–Crippen MR) is 131 cm³/mol. The molecule has 0 radical (unpaired) electrons. The molecule has 0 bridgehead atoms. The Kier molecular flexibility index (Phi) is 7.20. The molecule has 2 aromatic carbocycles. The molecule has 2 saturated heterocycles. The van der Waals surface area contributed by atoms with Crippen LogP contribution in [-0.2, 0) is 10.2 Å². The van der Waals surface area contributed by atoms with Gasteiger partial charge in [0.25, 0.3) is 0 Å². The van der Waals surface area contributed by atoms with Crippen molar-refractivity contribution >= 4 is 11.6 Å². The van der Waals surface area contributed by atoms with Gasteiger partial charge in [-0.05, 0) is 44.4 Å². The first kappa shape index (κ1) is 22.5. The number of rotatable bonds is 6. The van der Waals surface area contributed by atoms with Crippen molar-refractivity contribution < 1.29 is 9.47 Å². The van der Waals surface area contributed by atoms with Crippen LogP contribution in [0.25, 0.3) is 0 Å². The van der Waals surface area contributed by atoms with Crippen molar-refractivity contribution in [2.24, 2.45) is 4.99 Å². The topological polar surface area (TPSA) is 58.1 Å². The summed E-state index contributed by atoms with van der Waals surface area (Å²) in [5, 5.41) is 7.29. The normalized spacial score (nSPS) is 20.8. The Morgan fingerprint density at radius 2 is 1.97 bits per heavy atom. The largest absolute Gasteiger partial charge is 0.496 e. The smallest absolute Gasteiger partial charge is 0.191 e. The van der Waals surface area contributed by atoms with Crippen LogP contribution in [0.5, 0.6) is 5.75 Å². The number of para-hydroxylation sites is 1. The van der Waals surface area contributed by atoms with Gasteiger partial charge in [0.15, 0.2) is 5.96 Å². The van der Waals surface area contributed by atoms with Gasteiger partial charge in [0.05, 0.1) is 7.11 Å². The highest BCUT2D eigenvalue weighted by molar-refractivity contribution is 5.80. The number of benzene rings is 2. The highest BCUT2D eigenvalue weighted by Gasteiger charge is 2.37. The molecule has 0 amide bonds. The van der Waals surface area contributed by atoms with Gasteiger partial charge in [-0.1, -0.05) is 35.9 Å². The lowest BCUT2D eigenvalue weighted by molar-refractivity contribution is 0.0505. The molecule has 6 nitrogen and oxygen atoms in total. The van der Waals surface area contributed by atoms with Gasteiger partial charge in [0.2, 0.25) is 0 Å². The predicted octanol–water partition coefficient (Wildman–Crippen LogP) is 3.50. The molecule has 0 aliphatic carbocycles. The van der Waals surface area contributed by atoms with Crippen LogP contribution in [-0.4, -0.2) is 59.0 Å². The van der Waals surface area contributed by atoms with Gasteiger partial charge in [-0.15, -0.1) is 0 Å². The lowest BCUT2D eigenvalue weighted by atomic mass is 9.73.